The average molecular weight is 461 g/mol. The van der Waals surface area contributed by atoms with Crippen LogP contribution in [0, 0.1) is 5.92 Å². The summed E-state index contributed by atoms with van der Waals surface area (Å²) in [5.74, 6) is -0.0305. The van der Waals surface area contributed by atoms with Crippen molar-refractivity contribution >= 4 is 23.2 Å². The van der Waals surface area contributed by atoms with E-state index < -0.39 is 5.60 Å². The molecule has 1 aromatic rings. The largest absolute Gasteiger partial charge is 0.378 e. The molecule has 186 valence electrons. The van der Waals surface area contributed by atoms with Gasteiger partial charge < -0.3 is 20.1 Å². The van der Waals surface area contributed by atoms with E-state index in [1.54, 1.807) is 0 Å². The van der Waals surface area contributed by atoms with Crippen LogP contribution in [0.25, 0.3) is 0 Å². The Labute approximate surface area is 200 Å². The first-order chi connectivity index (χ1) is 16.0. The van der Waals surface area contributed by atoms with Gasteiger partial charge in [-0.15, -0.1) is 0 Å². The highest BCUT2D eigenvalue weighted by Crippen LogP contribution is 2.41. The molecule has 2 unspecified atom stereocenters. The number of benzene rings is 1. The Kier molecular flexibility index (Phi) is 11.9. The van der Waals surface area contributed by atoms with Crippen molar-refractivity contribution < 1.29 is 19.1 Å². The predicted molar refractivity (Wildman–Crippen MR) is 135 cm³/mol. The molecule has 1 saturated heterocycles. The number of nitrogens with one attached hydrogen (secondary N) is 2. The maximum Gasteiger partial charge on any atom is 0.227 e. The SMILES string of the molecule is CCCCC.CCCCC(C)C(=O)Nc1ccc2c(c1)C1(CCC(=O)N2)COCCCCO1. The van der Waals surface area contributed by atoms with Gasteiger partial charge in [0.15, 0.2) is 0 Å². The van der Waals surface area contributed by atoms with Crippen LogP contribution in [0.15, 0.2) is 18.2 Å². The van der Waals surface area contributed by atoms with E-state index >= 15 is 0 Å². The van der Waals surface area contributed by atoms with Crippen LogP contribution in [0.3, 0.4) is 0 Å². The number of hydrogen-bond donors (Lipinski definition) is 2. The second-order valence-corrected chi connectivity index (χ2v) is 9.30. The zero-order chi connectivity index (χ0) is 24.1. The highest BCUT2D eigenvalue weighted by Gasteiger charge is 2.39. The third kappa shape index (κ3) is 8.42. The van der Waals surface area contributed by atoms with Crippen LogP contribution >= 0.6 is 0 Å². The number of fused-ring (bicyclic) bond motifs is 2. The van der Waals surface area contributed by atoms with Gasteiger partial charge in [0.1, 0.15) is 5.60 Å². The third-order valence-corrected chi connectivity index (χ3v) is 6.35. The predicted octanol–water partition coefficient (Wildman–Crippen LogP) is 6.40. The number of anilines is 2. The molecule has 0 saturated carbocycles. The van der Waals surface area contributed by atoms with Crippen LogP contribution in [0.2, 0.25) is 0 Å². The minimum atomic E-state index is -0.663. The first-order valence-electron chi connectivity index (χ1n) is 12.9. The highest BCUT2D eigenvalue weighted by molar-refractivity contribution is 5.95. The van der Waals surface area contributed by atoms with Crippen LogP contribution in [0.4, 0.5) is 11.4 Å². The monoisotopic (exact) mass is 460 g/mol. The molecule has 2 aliphatic heterocycles. The van der Waals surface area contributed by atoms with E-state index in [2.05, 4.69) is 31.4 Å². The average Bonchev–Trinajstić information content (AvgIpc) is 2.92. The van der Waals surface area contributed by atoms with Crippen LogP contribution < -0.4 is 10.6 Å². The van der Waals surface area contributed by atoms with Crippen molar-refractivity contribution in [2.45, 2.75) is 97.5 Å². The van der Waals surface area contributed by atoms with Gasteiger partial charge in [0, 0.05) is 42.5 Å². The number of carbonyl (C=O) groups excluding carboxylic acids is 2. The quantitative estimate of drug-likeness (QED) is 0.493. The van der Waals surface area contributed by atoms with E-state index in [9.17, 15) is 9.59 Å². The molecule has 0 aromatic heterocycles. The van der Waals surface area contributed by atoms with Crippen molar-refractivity contribution in [3.63, 3.8) is 0 Å². The van der Waals surface area contributed by atoms with Gasteiger partial charge in [-0.05, 0) is 43.9 Å². The highest BCUT2D eigenvalue weighted by atomic mass is 16.5. The van der Waals surface area contributed by atoms with Gasteiger partial charge in [0.05, 0.1) is 6.61 Å². The summed E-state index contributed by atoms with van der Waals surface area (Å²) < 4.78 is 12.2. The molecule has 3 rings (SSSR count). The number of hydrogen-bond acceptors (Lipinski definition) is 4. The fourth-order valence-corrected chi connectivity index (χ4v) is 4.18. The fraction of sp³-hybridized carbons (Fsp3) is 0.704. The standard InChI is InChI=1S/C22H32N2O4.C5H12/c1-3-4-7-16(2)21(26)23-17-8-9-19-18(14-17)22(11-10-20(25)24-19)15-27-12-5-6-13-28-22;1-3-5-4-2/h8-9,14,16H,3-7,10-13,15H2,1-2H3,(H,23,26)(H,24,25);3-5H2,1-2H3. The lowest BCUT2D eigenvalue weighted by molar-refractivity contribution is -0.130. The second kappa shape index (κ2) is 14.4. The normalized spacial score (nSPS) is 21.4. The molecule has 6 heteroatoms. The molecule has 2 N–H and O–H groups in total. The van der Waals surface area contributed by atoms with E-state index in [1.807, 2.05) is 25.1 Å². The Morgan fingerprint density at radius 2 is 1.85 bits per heavy atom. The zero-order valence-corrected chi connectivity index (χ0v) is 21.1. The topological polar surface area (TPSA) is 76.7 Å². The molecule has 2 amide bonds. The molecule has 33 heavy (non-hydrogen) atoms. The zero-order valence-electron chi connectivity index (χ0n) is 21.1. The molecule has 1 fully saturated rings. The van der Waals surface area contributed by atoms with Gasteiger partial charge in [-0.3, -0.25) is 9.59 Å². The van der Waals surface area contributed by atoms with E-state index in [0.717, 1.165) is 49.0 Å². The van der Waals surface area contributed by atoms with Crippen molar-refractivity contribution in [2.24, 2.45) is 5.92 Å². The van der Waals surface area contributed by atoms with Gasteiger partial charge in [-0.25, -0.2) is 0 Å². The van der Waals surface area contributed by atoms with Gasteiger partial charge in [-0.1, -0.05) is 59.8 Å². The Morgan fingerprint density at radius 1 is 1.12 bits per heavy atom. The first-order valence-corrected chi connectivity index (χ1v) is 12.9. The van der Waals surface area contributed by atoms with E-state index in [4.69, 9.17) is 9.47 Å². The molecule has 2 aliphatic rings. The molecular weight excluding hydrogens is 416 g/mol. The lowest BCUT2D eigenvalue weighted by Crippen LogP contribution is -2.37. The maximum atomic E-state index is 12.5. The summed E-state index contributed by atoms with van der Waals surface area (Å²) in [4.78, 5) is 24.7. The molecule has 0 bridgehead atoms. The summed E-state index contributed by atoms with van der Waals surface area (Å²) in [6, 6.07) is 5.64. The van der Waals surface area contributed by atoms with Gasteiger partial charge in [0.25, 0.3) is 0 Å². The summed E-state index contributed by atoms with van der Waals surface area (Å²) in [7, 11) is 0. The maximum absolute atomic E-state index is 12.5. The Balaban J connectivity index is 0.000000696. The van der Waals surface area contributed by atoms with Crippen LogP contribution in [-0.4, -0.2) is 31.6 Å². The second-order valence-electron chi connectivity index (χ2n) is 9.30. The number of amides is 2. The molecule has 0 aliphatic carbocycles. The lowest BCUT2D eigenvalue weighted by atomic mass is 9.88. The molecule has 6 nitrogen and oxygen atoms in total. The molecule has 1 spiro atoms. The molecule has 2 heterocycles. The minimum absolute atomic E-state index is 0.0197. The lowest BCUT2D eigenvalue weighted by Gasteiger charge is -2.35. The van der Waals surface area contributed by atoms with Gasteiger partial charge in [0.2, 0.25) is 11.8 Å². The number of unbranched alkanes of at least 4 members (excludes halogenated alkanes) is 3. The first kappa shape index (κ1) is 27.3. The van der Waals surface area contributed by atoms with E-state index in [0.29, 0.717) is 32.7 Å². The van der Waals surface area contributed by atoms with Gasteiger partial charge >= 0.3 is 0 Å². The summed E-state index contributed by atoms with van der Waals surface area (Å²) in [6.45, 7) is 10.3. The third-order valence-electron chi connectivity index (χ3n) is 6.35. The molecule has 0 radical (unpaired) electrons. The summed E-state index contributed by atoms with van der Waals surface area (Å²) in [5.41, 5.74) is 1.69. The number of ether oxygens (including phenoxy) is 2. The summed E-state index contributed by atoms with van der Waals surface area (Å²) in [5, 5.41) is 6.01. The Bertz CT molecular complexity index is 740. The van der Waals surface area contributed by atoms with E-state index in [-0.39, 0.29) is 17.7 Å². The summed E-state index contributed by atoms with van der Waals surface area (Å²) in [6.07, 6.45) is 9.94. The Hall–Kier alpha value is -1.92. The van der Waals surface area contributed by atoms with Crippen LogP contribution in [0.5, 0.6) is 0 Å². The molecule has 2 atom stereocenters. The minimum Gasteiger partial charge on any atom is -0.378 e. The smallest absolute Gasteiger partial charge is 0.227 e. The van der Waals surface area contributed by atoms with Crippen molar-refractivity contribution in [1.82, 2.24) is 0 Å². The molecular formula is C27H44N2O4. The molecule has 1 aromatic carbocycles. The van der Waals surface area contributed by atoms with Crippen molar-refractivity contribution in [3.05, 3.63) is 23.8 Å². The number of rotatable bonds is 7. The van der Waals surface area contributed by atoms with Crippen molar-refractivity contribution in [3.8, 4) is 0 Å². The van der Waals surface area contributed by atoms with Crippen molar-refractivity contribution in [2.75, 3.05) is 30.5 Å². The van der Waals surface area contributed by atoms with Crippen LogP contribution in [0.1, 0.15) is 97.5 Å². The van der Waals surface area contributed by atoms with Gasteiger partial charge in [-0.2, -0.15) is 0 Å². The van der Waals surface area contributed by atoms with E-state index in [1.165, 1.54) is 19.3 Å². The number of carbonyl (C=O) groups is 2. The Morgan fingerprint density at radius 3 is 2.55 bits per heavy atom. The fourth-order valence-electron chi connectivity index (χ4n) is 4.18. The van der Waals surface area contributed by atoms with Crippen molar-refractivity contribution in [1.29, 1.82) is 0 Å². The van der Waals surface area contributed by atoms with Crippen LogP contribution in [-0.2, 0) is 24.7 Å². The summed E-state index contributed by atoms with van der Waals surface area (Å²) >= 11 is 0.